The SMILES string of the molecule is CN=C(NCCCCc1nc(C)cs1)NCCOc1ccc(OC)cc1. The quantitative estimate of drug-likeness (QED) is 0.379. The van der Waals surface area contributed by atoms with Gasteiger partial charge in [-0.05, 0) is 50.5 Å². The number of ether oxygens (including phenoxy) is 2. The lowest BCUT2D eigenvalue weighted by Gasteiger charge is -2.12. The fraction of sp³-hybridized carbons (Fsp3) is 0.474. The fourth-order valence-corrected chi connectivity index (χ4v) is 3.17. The summed E-state index contributed by atoms with van der Waals surface area (Å²) in [6.07, 6.45) is 3.25. The third-order valence-corrected chi connectivity index (χ3v) is 4.75. The van der Waals surface area contributed by atoms with Crippen molar-refractivity contribution in [1.29, 1.82) is 0 Å². The van der Waals surface area contributed by atoms with Crippen molar-refractivity contribution in [2.45, 2.75) is 26.2 Å². The van der Waals surface area contributed by atoms with Gasteiger partial charge in [-0.2, -0.15) is 0 Å². The van der Waals surface area contributed by atoms with Crippen LogP contribution in [0.25, 0.3) is 0 Å². The number of aryl methyl sites for hydroxylation is 2. The van der Waals surface area contributed by atoms with E-state index in [4.69, 9.17) is 9.47 Å². The first-order valence-electron chi connectivity index (χ1n) is 8.83. The molecule has 7 heteroatoms. The molecule has 0 atom stereocenters. The van der Waals surface area contributed by atoms with Gasteiger partial charge < -0.3 is 20.1 Å². The van der Waals surface area contributed by atoms with Gasteiger partial charge >= 0.3 is 0 Å². The van der Waals surface area contributed by atoms with Crippen molar-refractivity contribution in [3.05, 3.63) is 40.3 Å². The minimum Gasteiger partial charge on any atom is -0.497 e. The van der Waals surface area contributed by atoms with E-state index < -0.39 is 0 Å². The first kappa shape index (κ1) is 20.0. The summed E-state index contributed by atoms with van der Waals surface area (Å²) in [5.41, 5.74) is 1.12. The van der Waals surface area contributed by atoms with Crippen molar-refractivity contribution < 1.29 is 9.47 Å². The summed E-state index contributed by atoms with van der Waals surface area (Å²) < 4.78 is 10.8. The number of guanidine groups is 1. The number of thiazole rings is 1. The van der Waals surface area contributed by atoms with Crippen LogP contribution in [0.15, 0.2) is 34.6 Å². The summed E-state index contributed by atoms with van der Waals surface area (Å²) in [6, 6.07) is 7.57. The highest BCUT2D eigenvalue weighted by atomic mass is 32.1. The maximum atomic E-state index is 5.69. The molecule has 0 spiro atoms. The number of unbranched alkanes of at least 4 members (excludes halogenated alkanes) is 1. The minimum absolute atomic E-state index is 0.566. The summed E-state index contributed by atoms with van der Waals surface area (Å²) in [7, 11) is 3.43. The molecule has 0 saturated heterocycles. The van der Waals surface area contributed by atoms with Crippen LogP contribution < -0.4 is 20.1 Å². The largest absolute Gasteiger partial charge is 0.497 e. The van der Waals surface area contributed by atoms with Crippen LogP contribution in [0, 0.1) is 6.92 Å². The second kappa shape index (κ2) is 11.4. The predicted octanol–water partition coefficient (Wildman–Crippen LogP) is 3.03. The Morgan fingerprint density at radius 3 is 2.50 bits per heavy atom. The van der Waals surface area contributed by atoms with E-state index in [2.05, 4.69) is 26.0 Å². The first-order valence-corrected chi connectivity index (χ1v) is 9.71. The maximum Gasteiger partial charge on any atom is 0.191 e. The van der Waals surface area contributed by atoms with Gasteiger partial charge in [0.2, 0.25) is 0 Å². The zero-order chi connectivity index (χ0) is 18.6. The lowest BCUT2D eigenvalue weighted by molar-refractivity contribution is 0.321. The van der Waals surface area contributed by atoms with Crippen molar-refractivity contribution in [2.24, 2.45) is 4.99 Å². The second-order valence-corrected chi connectivity index (χ2v) is 6.73. The van der Waals surface area contributed by atoms with Crippen LogP contribution in [-0.4, -0.2) is 44.8 Å². The van der Waals surface area contributed by atoms with E-state index in [0.717, 1.165) is 49.0 Å². The number of benzene rings is 1. The maximum absolute atomic E-state index is 5.69. The van der Waals surface area contributed by atoms with Gasteiger partial charge in [0.1, 0.15) is 18.1 Å². The van der Waals surface area contributed by atoms with Crippen LogP contribution in [0.1, 0.15) is 23.5 Å². The molecule has 1 heterocycles. The Labute approximate surface area is 159 Å². The molecular formula is C19H28N4O2S. The molecule has 0 aliphatic carbocycles. The smallest absolute Gasteiger partial charge is 0.191 e. The fourth-order valence-electron chi connectivity index (χ4n) is 2.36. The summed E-state index contributed by atoms with van der Waals surface area (Å²) in [4.78, 5) is 8.71. The van der Waals surface area contributed by atoms with E-state index in [1.807, 2.05) is 31.2 Å². The van der Waals surface area contributed by atoms with Crippen LogP contribution in [0.3, 0.4) is 0 Å². The highest BCUT2D eigenvalue weighted by Gasteiger charge is 2.00. The summed E-state index contributed by atoms with van der Waals surface area (Å²) >= 11 is 1.74. The number of rotatable bonds is 10. The molecule has 0 bridgehead atoms. The highest BCUT2D eigenvalue weighted by Crippen LogP contribution is 2.16. The number of hydrogen-bond acceptors (Lipinski definition) is 5. The minimum atomic E-state index is 0.566. The average Bonchev–Trinajstić information content (AvgIpc) is 3.08. The molecule has 0 aliphatic heterocycles. The molecule has 6 nitrogen and oxygen atoms in total. The first-order chi connectivity index (χ1) is 12.7. The van der Waals surface area contributed by atoms with E-state index >= 15 is 0 Å². The number of nitrogens with one attached hydrogen (secondary N) is 2. The van der Waals surface area contributed by atoms with Gasteiger partial charge in [0.05, 0.1) is 18.7 Å². The molecule has 0 amide bonds. The Bertz CT molecular complexity index is 670. The van der Waals surface area contributed by atoms with E-state index in [1.54, 1.807) is 25.5 Å². The van der Waals surface area contributed by atoms with Crippen LogP contribution in [0.5, 0.6) is 11.5 Å². The lowest BCUT2D eigenvalue weighted by Crippen LogP contribution is -2.39. The standard InChI is InChI=1S/C19H28N4O2S/c1-15-14-26-18(23-15)6-4-5-11-21-19(20-2)22-12-13-25-17-9-7-16(24-3)8-10-17/h7-10,14H,4-6,11-13H2,1-3H3,(H2,20,21,22). The number of aromatic nitrogens is 1. The molecule has 0 aliphatic rings. The Balaban J connectivity index is 1.54. The Morgan fingerprint density at radius 1 is 1.12 bits per heavy atom. The van der Waals surface area contributed by atoms with Crippen molar-refractivity contribution in [2.75, 3.05) is 33.9 Å². The number of hydrogen-bond donors (Lipinski definition) is 2. The highest BCUT2D eigenvalue weighted by molar-refractivity contribution is 7.09. The lowest BCUT2D eigenvalue weighted by atomic mass is 10.2. The monoisotopic (exact) mass is 376 g/mol. The molecule has 0 saturated carbocycles. The molecule has 0 radical (unpaired) electrons. The van der Waals surface area contributed by atoms with Gasteiger partial charge in [0, 0.05) is 24.7 Å². The van der Waals surface area contributed by atoms with Gasteiger partial charge in [0.15, 0.2) is 5.96 Å². The van der Waals surface area contributed by atoms with E-state index in [1.165, 1.54) is 5.01 Å². The van der Waals surface area contributed by atoms with Gasteiger partial charge in [-0.3, -0.25) is 4.99 Å². The van der Waals surface area contributed by atoms with Crippen LogP contribution in [0.4, 0.5) is 0 Å². The van der Waals surface area contributed by atoms with Gasteiger partial charge in [-0.1, -0.05) is 0 Å². The Hall–Kier alpha value is -2.28. The number of methoxy groups -OCH3 is 1. The van der Waals surface area contributed by atoms with Gasteiger partial charge in [0.25, 0.3) is 0 Å². The molecular weight excluding hydrogens is 348 g/mol. The third kappa shape index (κ3) is 7.31. The molecule has 0 unspecified atom stereocenters. The zero-order valence-corrected chi connectivity index (χ0v) is 16.6. The van der Waals surface area contributed by atoms with Crippen molar-refractivity contribution in [3.63, 3.8) is 0 Å². The molecule has 1 aromatic carbocycles. The number of nitrogens with zero attached hydrogens (tertiary/aromatic N) is 2. The predicted molar refractivity (Wildman–Crippen MR) is 108 cm³/mol. The molecule has 0 fully saturated rings. The summed E-state index contributed by atoms with van der Waals surface area (Å²) in [6.45, 7) is 4.18. The van der Waals surface area contributed by atoms with E-state index in [9.17, 15) is 0 Å². The summed E-state index contributed by atoms with van der Waals surface area (Å²) in [5, 5.41) is 9.90. The van der Waals surface area contributed by atoms with Crippen molar-refractivity contribution in [3.8, 4) is 11.5 Å². The molecule has 2 aromatic rings. The van der Waals surface area contributed by atoms with E-state index in [-0.39, 0.29) is 0 Å². The van der Waals surface area contributed by atoms with E-state index in [0.29, 0.717) is 13.2 Å². The molecule has 2 N–H and O–H groups in total. The Kier molecular flexibility index (Phi) is 8.75. The van der Waals surface area contributed by atoms with Crippen LogP contribution in [-0.2, 0) is 6.42 Å². The van der Waals surface area contributed by atoms with Crippen molar-refractivity contribution >= 4 is 17.3 Å². The van der Waals surface area contributed by atoms with Gasteiger partial charge in [-0.25, -0.2) is 4.98 Å². The van der Waals surface area contributed by atoms with Gasteiger partial charge in [-0.15, -0.1) is 11.3 Å². The zero-order valence-electron chi connectivity index (χ0n) is 15.7. The molecule has 142 valence electrons. The summed E-state index contributed by atoms with van der Waals surface area (Å²) in [5.74, 6) is 2.45. The Morgan fingerprint density at radius 2 is 1.85 bits per heavy atom. The van der Waals surface area contributed by atoms with Crippen LogP contribution in [0.2, 0.25) is 0 Å². The second-order valence-electron chi connectivity index (χ2n) is 5.79. The average molecular weight is 377 g/mol. The number of aliphatic imine (C=N–C) groups is 1. The van der Waals surface area contributed by atoms with Crippen LogP contribution >= 0.6 is 11.3 Å². The molecule has 26 heavy (non-hydrogen) atoms. The molecule has 2 rings (SSSR count). The normalized spacial score (nSPS) is 11.3. The topological polar surface area (TPSA) is 67.8 Å². The van der Waals surface area contributed by atoms with Crippen molar-refractivity contribution in [1.82, 2.24) is 15.6 Å². The molecule has 1 aromatic heterocycles. The third-order valence-electron chi connectivity index (χ3n) is 3.72.